The van der Waals surface area contributed by atoms with Gasteiger partial charge in [0.25, 0.3) is 0 Å². The minimum Gasteiger partial charge on any atom is -0.492 e. The molecule has 2 heterocycles. The number of aromatic nitrogens is 1. The number of rotatable bonds is 5. The monoisotopic (exact) mass is 322 g/mol. The molecule has 124 valence electrons. The zero-order valence-electron chi connectivity index (χ0n) is 13.7. The Balaban J connectivity index is 1.40. The third-order valence-corrected chi connectivity index (χ3v) is 4.54. The number of fused-ring (bicyclic) bond motifs is 1. The molecule has 0 bridgehead atoms. The molecule has 0 saturated carbocycles. The van der Waals surface area contributed by atoms with E-state index in [1.807, 2.05) is 6.20 Å². The number of hydrogen-bond acceptors (Lipinski definition) is 3. The lowest BCUT2D eigenvalue weighted by atomic mass is 10.0. The van der Waals surface area contributed by atoms with Gasteiger partial charge < -0.3 is 14.5 Å². The van der Waals surface area contributed by atoms with Crippen molar-refractivity contribution in [2.45, 2.75) is 0 Å². The van der Waals surface area contributed by atoms with Crippen molar-refractivity contribution in [3.63, 3.8) is 0 Å². The molecule has 4 rings (SSSR count). The van der Waals surface area contributed by atoms with Crippen molar-refractivity contribution < 1.29 is 9.47 Å². The maximum atomic E-state index is 5.88. The maximum Gasteiger partial charge on any atom is 0.119 e. The number of hydrogen-bond donors (Lipinski definition) is 1. The Bertz CT molecular complexity index is 789. The first-order chi connectivity index (χ1) is 11.9. The second-order valence-electron chi connectivity index (χ2n) is 6.07. The average molecular weight is 322 g/mol. The Kier molecular flexibility index (Phi) is 4.49. The van der Waals surface area contributed by atoms with Crippen LogP contribution in [0.15, 0.2) is 54.7 Å². The lowest BCUT2D eigenvalue weighted by Gasteiger charge is -2.26. The number of aromatic amines is 1. The lowest BCUT2D eigenvalue weighted by molar-refractivity contribution is 0.0322. The first-order valence-electron chi connectivity index (χ1n) is 8.49. The molecule has 1 fully saturated rings. The topological polar surface area (TPSA) is 37.5 Å². The third kappa shape index (κ3) is 3.30. The fourth-order valence-corrected chi connectivity index (χ4v) is 3.19. The summed E-state index contributed by atoms with van der Waals surface area (Å²) in [7, 11) is 0. The van der Waals surface area contributed by atoms with E-state index in [-0.39, 0.29) is 0 Å². The molecule has 0 aliphatic carbocycles. The number of ether oxygens (including phenoxy) is 2. The van der Waals surface area contributed by atoms with Crippen LogP contribution in [-0.2, 0) is 4.74 Å². The van der Waals surface area contributed by atoms with E-state index < -0.39 is 0 Å². The average Bonchev–Trinajstić information content (AvgIpc) is 3.12. The highest BCUT2D eigenvalue weighted by molar-refractivity contribution is 5.95. The van der Waals surface area contributed by atoms with Crippen LogP contribution in [-0.4, -0.2) is 49.3 Å². The summed E-state index contributed by atoms with van der Waals surface area (Å²) in [5.41, 5.74) is 3.62. The van der Waals surface area contributed by atoms with Crippen LogP contribution < -0.4 is 4.74 Å². The van der Waals surface area contributed by atoms with E-state index in [0.717, 1.165) is 38.6 Å². The van der Waals surface area contributed by atoms with Crippen molar-refractivity contribution in [2.24, 2.45) is 0 Å². The molecule has 1 N–H and O–H groups in total. The molecule has 2 aromatic carbocycles. The van der Waals surface area contributed by atoms with Gasteiger partial charge in [-0.25, -0.2) is 0 Å². The summed E-state index contributed by atoms with van der Waals surface area (Å²) >= 11 is 0. The fraction of sp³-hybridized carbons (Fsp3) is 0.300. The van der Waals surface area contributed by atoms with E-state index in [1.54, 1.807) is 0 Å². The summed E-state index contributed by atoms with van der Waals surface area (Å²) < 4.78 is 11.2. The van der Waals surface area contributed by atoms with E-state index in [0.29, 0.717) is 6.61 Å². The van der Waals surface area contributed by atoms with Crippen molar-refractivity contribution in [1.29, 1.82) is 0 Å². The molecule has 0 amide bonds. The Morgan fingerprint density at radius 1 is 1.00 bits per heavy atom. The molecule has 0 atom stereocenters. The first-order valence-corrected chi connectivity index (χ1v) is 8.49. The fourth-order valence-electron chi connectivity index (χ4n) is 3.19. The van der Waals surface area contributed by atoms with Crippen molar-refractivity contribution in [2.75, 3.05) is 39.5 Å². The van der Waals surface area contributed by atoms with Crippen molar-refractivity contribution in [3.8, 4) is 16.9 Å². The number of nitrogens with one attached hydrogen (secondary N) is 1. The molecule has 0 unspecified atom stereocenters. The highest BCUT2D eigenvalue weighted by Gasteiger charge is 2.10. The Morgan fingerprint density at radius 2 is 1.83 bits per heavy atom. The van der Waals surface area contributed by atoms with Gasteiger partial charge in [0.2, 0.25) is 0 Å². The van der Waals surface area contributed by atoms with E-state index in [2.05, 4.69) is 58.4 Å². The molecule has 24 heavy (non-hydrogen) atoms. The second kappa shape index (κ2) is 7.07. The van der Waals surface area contributed by atoms with Crippen LogP contribution in [0.4, 0.5) is 0 Å². The van der Waals surface area contributed by atoms with E-state index in [9.17, 15) is 0 Å². The van der Waals surface area contributed by atoms with Crippen molar-refractivity contribution in [3.05, 3.63) is 54.7 Å². The predicted octanol–water partition coefficient (Wildman–Crippen LogP) is 3.55. The van der Waals surface area contributed by atoms with Crippen LogP contribution in [0, 0.1) is 0 Å². The van der Waals surface area contributed by atoms with Gasteiger partial charge in [-0.1, -0.05) is 24.3 Å². The zero-order chi connectivity index (χ0) is 16.2. The molecule has 1 aliphatic rings. The van der Waals surface area contributed by atoms with E-state index >= 15 is 0 Å². The van der Waals surface area contributed by atoms with Gasteiger partial charge in [0.05, 0.1) is 13.2 Å². The second-order valence-corrected chi connectivity index (χ2v) is 6.07. The Labute approximate surface area is 142 Å². The van der Waals surface area contributed by atoms with E-state index in [4.69, 9.17) is 9.47 Å². The largest absolute Gasteiger partial charge is 0.492 e. The zero-order valence-corrected chi connectivity index (χ0v) is 13.7. The molecule has 1 saturated heterocycles. The van der Waals surface area contributed by atoms with Crippen LogP contribution in [0.1, 0.15) is 0 Å². The van der Waals surface area contributed by atoms with Crippen LogP contribution in [0.3, 0.4) is 0 Å². The molecule has 4 heteroatoms. The maximum absolute atomic E-state index is 5.88. The highest BCUT2D eigenvalue weighted by atomic mass is 16.5. The highest BCUT2D eigenvalue weighted by Crippen LogP contribution is 2.29. The van der Waals surface area contributed by atoms with Crippen LogP contribution in [0.25, 0.3) is 22.0 Å². The van der Waals surface area contributed by atoms with Crippen LogP contribution in [0.2, 0.25) is 0 Å². The molecule has 1 aliphatic heterocycles. The van der Waals surface area contributed by atoms with Crippen LogP contribution in [0.5, 0.6) is 5.75 Å². The minimum atomic E-state index is 0.715. The smallest absolute Gasteiger partial charge is 0.119 e. The quantitative estimate of drug-likeness (QED) is 0.780. The van der Waals surface area contributed by atoms with Gasteiger partial charge in [-0.2, -0.15) is 0 Å². The van der Waals surface area contributed by atoms with Gasteiger partial charge in [-0.3, -0.25) is 4.90 Å². The molecule has 0 spiro atoms. The third-order valence-electron chi connectivity index (χ3n) is 4.54. The van der Waals surface area contributed by atoms with E-state index in [1.165, 1.54) is 22.0 Å². The summed E-state index contributed by atoms with van der Waals surface area (Å²) in [6.45, 7) is 5.34. The molecule has 3 aromatic rings. The number of nitrogens with zero attached hydrogens (tertiary/aromatic N) is 1. The van der Waals surface area contributed by atoms with Crippen molar-refractivity contribution >= 4 is 10.9 Å². The van der Waals surface area contributed by atoms with Gasteiger partial charge in [0, 0.05) is 36.7 Å². The van der Waals surface area contributed by atoms with Gasteiger partial charge >= 0.3 is 0 Å². The molecular weight excluding hydrogens is 300 g/mol. The number of benzene rings is 2. The normalized spacial score (nSPS) is 15.7. The molecule has 0 radical (unpaired) electrons. The van der Waals surface area contributed by atoms with Crippen molar-refractivity contribution in [1.82, 2.24) is 9.88 Å². The number of morpholine rings is 1. The summed E-state index contributed by atoms with van der Waals surface area (Å²) in [6, 6.07) is 16.8. The van der Waals surface area contributed by atoms with Gasteiger partial charge in [0.15, 0.2) is 0 Å². The Hall–Kier alpha value is -2.30. The van der Waals surface area contributed by atoms with Gasteiger partial charge in [-0.15, -0.1) is 0 Å². The number of H-pyrrole nitrogens is 1. The standard InChI is InChI=1S/C20H22N2O2/c1-2-18(19-8-9-21-20(19)3-1)16-4-6-17(7-5-16)24-15-12-22-10-13-23-14-11-22/h1-9,21H,10-15H2. The summed E-state index contributed by atoms with van der Waals surface area (Å²) in [5.74, 6) is 0.924. The minimum absolute atomic E-state index is 0.715. The first kappa shape index (κ1) is 15.2. The summed E-state index contributed by atoms with van der Waals surface area (Å²) in [4.78, 5) is 5.64. The molecular formula is C20H22N2O2. The predicted molar refractivity (Wildman–Crippen MR) is 96.5 cm³/mol. The SMILES string of the molecule is c1cc(-c2ccc(OCCN3CCOCC3)cc2)c2cc[nH]c2c1. The van der Waals surface area contributed by atoms with Gasteiger partial charge in [0.1, 0.15) is 12.4 Å². The van der Waals surface area contributed by atoms with Crippen LogP contribution >= 0.6 is 0 Å². The van der Waals surface area contributed by atoms with Gasteiger partial charge in [-0.05, 0) is 35.4 Å². The molecule has 1 aromatic heterocycles. The lowest BCUT2D eigenvalue weighted by Crippen LogP contribution is -2.38. The summed E-state index contributed by atoms with van der Waals surface area (Å²) in [5, 5.41) is 1.25. The molecule has 4 nitrogen and oxygen atoms in total. The summed E-state index contributed by atoms with van der Waals surface area (Å²) in [6.07, 6.45) is 1.98. The Morgan fingerprint density at radius 3 is 2.67 bits per heavy atom.